The summed E-state index contributed by atoms with van der Waals surface area (Å²) in [5.74, 6) is 0.353. The number of nitrogens with one attached hydrogen (secondary N) is 2. The fourth-order valence-corrected chi connectivity index (χ4v) is 5.70. The quantitative estimate of drug-likeness (QED) is 0.260. The van der Waals surface area contributed by atoms with Crippen LogP contribution in [0.5, 0.6) is 11.5 Å². The summed E-state index contributed by atoms with van der Waals surface area (Å²) in [5, 5.41) is 16.1. The van der Waals surface area contributed by atoms with E-state index in [0.717, 1.165) is 24.8 Å². The maximum absolute atomic E-state index is 14.4. The first-order valence-electron chi connectivity index (χ1n) is 16.9. The molecule has 11 heteroatoms. The van der Waals surface area contributed by atoms with E-state index in [0.29, 0.717) is 35.0 Å². The fourth-order valence-electron chi connectivity index (χ4n) is 5.70. The van der Waals surface area contributed by atoms with Gasteiger partial charge in [-0.15, -0.1) is 0 Å². The molecule has 1 aliphatic heterocycles. The Bertz CT molecular complexity index is 1520. The van der Waals surface area contributed by atoms with E-state index in [1.807, 2.05) is 44.2 Å². The van der Waals surface area contributed by atoms with E-state index >= 15 is 0 Å². The second kappa shape index (κ2) is 18.2. The highest BCUT2D eigenvalue weighted by atomic mass is 16.5. The molecule has 1 aliphatic rings. The fraction of sp³-hybridized carbons (Fsp3) is 0.447. The molecule has 4 rings (SSSR count). The van der Waals surface area contributed by atoms with Crippen LogP contribution in [0.2, 0.25) is 0 Å². The van der Waals surface area contributed by atoms with E-state index < -0.39 is 12.1 Å². The van der Waals surface area contributed by atoms with Gasteiger partial charge >= 0.3 is 6.03 Å². The zero-order chi connectivity index (χ0) is 35.3. The van der Waals surface area contributed by atoms with Crippen LogP contribution in [-0.2, 0) is 16.0 Å². The van der Waals surface area contributed by atoms with Crippen molar-refractivity contribution in [2.24, 2.45) is 5.92 Å². The first-order chi connectivity index (χ1) is 23.6. The summed E-state index contributed by atoms with van der Waals surface area (Å²) < 4.78 is 17.9. The van der Waals surface area contributed by atoms with E-state index in [-0.39, 0.29) is 56.0 Å². The molecule has 4 amide bonds. The molecule has 11 nitrogen and oxygen atoms in total. The molecular weight excluding hydrogens is 624 g/mol. The normalized spacial score (nSPS) is 19.4. The number of aliphatic hydroxyl groups excluding tert-OH is 1. The van der Waals surface area contributed by atoms with E-state index in [2.05, 4.69) is 10.6 Å². The molecule has 0 spiro atoms. The summed E-state index contributed by atoms with van der Waals surface area (Å²) >= 11 is 0. The maximum Gasteiger partial charge on any atom is 0.321 e. The number of carbonyl (C=O) groups is 3. The largest absolute Gasteiger partial charge is 0.497 e. The summed E-state index contributed by atoms with van der Waals surface area (Å²) in [4.78, 5) is 43.6. The molecule has 0 saturated heterocycles. The Kier molecular flexibility index (Phi) is 13.8. The monoisotopic (exact) mass is 674 g/mol. The van der Waals surface area contributed by atoms with Crippen molar-refractivity contribution in [3.8, 4) is 11.5 Å². The maximum atomic E-state index is 14.4. The number of hydrogen-bond donors (Lipinski definition) is 3. The van der Waals surface area contributed by atoms with Gasteiger partial charge in [0.05, 0.1) is 44.0 Å². The topological polar surface area (TPSA) is 130 Å². The molecule has 264 valence electrons. The predicted octanol–water partition coefficient (Wildman–Crippen LogP) is 5.84. The number of aliphatic hydroxyl groups is 1. The zero-order valence-corrected chi connectivity index (χ0v) is 29.2. The average molecular weight is 675 g/mol. The number of hydrogen-bond acceptors (Lipinski definition) is 7. The third-order valence-electron chi connectivity index (χ3n) is 8.68. The molecule has 3 aromatic carbocycles. The number of benzene rings is 3. The van der Waals surface area contributed by atoms with E-state index in [4.69, 9.17) is 14.2 Å². The van der Waals surface area contributed by atoms with Crippen molar-refractivity contribution >= 4 is 29.2 Å². The van der Waals surface area contributed by atoms with Crippen LogP contribution in [-0.4, -0.2) is 91.5 Å². The average Bonchev–Trinajstić information content (AvgIpc) is 3.10. The van der Waals surface area contributed by atoms with Gasteiger partial charge in [0.15, 0.2) is 0 Å². The van der Waals surface area contributed by atoms with Crippen LogP contribution in [0.4, 0.5) is 16.2 Å². The number of amides is 4. The minimum Gasteiger partial charge on any atom is -0.497 e. The van der Waals surface area contributed by atoms with Gasteiger partial charge in [0, 0.05) is 44.0 Å². The number of likely N-dealkylation sites (N-methyl/N-ethyl adjacent to an activating group) is 1. The Morgan fingerprint density at radius 3 is 2.43 bits per heavy atom. The highest BCUT2D eigenvalue weighted by molar-refractivity contribution is 6.00. The van der Waals surface area contributed by atoms with Crippen molar-refractivity contribution in [1.29, 1.82) is 0 Å². The van der Waals surface area contributed by atoms with Crippen molar-refractivity contribution in [2.75, 3.05) is 51.1 Å². The van der Waals surface area contributed by atoms with Crippen LogP contribution in [0.25, 0.3) is 0 Å². The molecule has 0 aromatic heterocycles. The lowest BCUT2D eigenvalue weighted by Crippen LogP contribution is -2.48. The van der Waals surface area contributed by atoms with Crippen LogP contribution in [0.1, 0.15) is 56.0 Å². The lowest BCUT2D eigenvalue weighted by atomic mass is 10.0. The van der Waals surface area contributed by atoms with Crippen LogP contribution < -0.4 is 20.1 Å². The Hall–Kier alpha value is -4.61. The van der Waals surface area contributed by atoms with Crippen LogP contribution in [0, 0.1) is 5.92 Å². The van der Waals surface area contributed by atoms with Gasteiger partial charge in [0.2, 0.25) is 5.91 Å². The number of methoxy groups -OCH3 is 1. The molecule has 3 aromatic rings. The van der Waals surface area contributed by atoms with Crippen LogP contribution in [0.15, 0.2) is 72.8 Å². The number of nitrogens with zero attached hydrogens (tertiary/aromatic N) is 2. The molecule has 0 radical (unpaired) electrons. The summed E-state index contributed by atoms with van der Waals surface area (Å²) in [6.45, 7) is 6.50. The third-order valence-corrected chi connectivity index (χ3v) is 8.68. The standard InChI is InChI=1S/C38H50N4O7/c1-26-23-42(27(2)25-43)37(45)33-22-31(39-36(44)21-29-12-7-6-8-13-29)16-19-34(33)49-28(3)11-9-10-20-48-35(26)24-41(4)38(46)40-30-14-17-32(47-5)18-15-30/h6-8,12-19,22,26-28,35,43H,9-11,20-21,23-25H2,1-5H3,(H,39,44)(H,40,46)/t26-,27+,28-,35-/m1/s1. The lowest BCUT2D eigenvalue weighted by Gasteiger charge is -2.35. The Labute approximate surface area is 289 Å². The van der Waals surface area contributed by atoms with Crippen LogP contribution in [0.3, 0.4) is 0 Å². The Morgan fingerprint density at radius 1 is 1.02 bits per heavy atom. The molecule has 49 heavy (non-hydrogen) atoms. The number of fused-ring (bicyclic) bond motifs is 1. The first kappa shape index (κ1) is 37.2. The highest BCUT2D eigenvalue weighted by Gasteiger charge is 2.31. The van der Waals surface area contributed by atoms with Gasteiger partial charge < -0.3 is 39.8 Å². The minimum atomic E-state index is -0.527. The van der Waals surface area contributed by atoms with Gasteiger partial charge in [-0.25, -0.2) is 4.79 Å². The molecule has 0 unspecified atom stereocenters. The number of urea groups is 1. The SMILES string of the molecule is COc1ccc(NC(=O)N(C)C[C@H]2OCCCC[C@@H](C)Oc3ccc(NC(=O)Cc4ccccc4)cc3C(=O)N([C@@H](C)CO)C[C@H]2C)cc1. The number of anilines is 2. The molecule has 0 bridgehead atoms. The van der Waals surface area contributed by atoms with Crippen molar-refractivity contribution in [3.05, 3.63) is 83.9 Å². The molecule has 1 heterocycles. The van der Waals surface area contributed by atoms with Crippen molar-refractivity contribution in [1.82, 2.24) is 9.80 Å². The van der Waals surface area contributed by atoms with Crippen molar-refractivity contribution in [3.63, 3.8) is 0 Å². The molecule has 4 atom stereocenters. The number of carbonyl (C=O) groups excluding carboxylic acids is 3. The third kappa shape index (κ3) is 11.0. The smallest absolute Gasteiger partial charge is 0.321 e. The highest BCUT2D eigenvalue weighted by Crippen LogP contribution is 2.29. The van der Waals surface area contributed by atoms with Gasteiger partial charge in [-0.2, -0.15) is 0 Å². The Balaban J connectivity index is 1.56. The summed E-state index contributed by atoms with van der Waals surface area (Å²) in [6.07, 6.45) is 2.01. The van der Waals surface area contributed by atoms with Crippen molar-refractivity contribution in [2.45, 2.75) is 64.7 Å². The van der Waals surface area contributed by atoms with Crippen molar-refractivity contribution < 1.29 is 33.7 Å². The Morgan fingerprint density at radius 2 is 1.73 bits per heavy atom. The molecule has 0 aliphatic carbocycles. The van der Waals surface area contributed by atoms with Gasteiger partial charge in [-0.3, -0.25) is 9.59 Å². The molecule has 0 saturated carbocycles. The van der Waals surface area contributed by atoms with E-state index in [9.17, 15) is 19.5 Å². The molecular formula is C38H50N4O7. The van der Waals surface area contributed by atoms with E-state index in [1.54, 1.807) is 73.3 Å². The molecule has 0 fully saturated rings. The zero-order valence-electron chi connectivity index (χ0n) is 29.2. The van der Waals surface area contributed by atoms with E-state index in [1.165, 1.54) is 0 Å². The number of ether oxygens (including phenoxy) is 3. The minimum absolute atomic E-state index is 0.181. The summed E-state index contributed by atoms with van der Waals surface area (Å²) in [7, 11) is 3.30. The second-order valence-electron chi connectivity index (χ2n) is 12.8. The van der Waals surface area contributed by atoms with Gasteiger partial charge in [0.1, 0.15) is 11.5 Å². The summed E-state index contributed by atoms with van der Waals surface area (Å²) in [6, 6.07) is 20.8. The lowest BCUT2D eigenvalue weighted by molar-refractivity contribution is -0.115. The second-order valence-corrected chi connectivity index (χ2v) is 12.8. The van der Waals surface area contributed by atoms with Gasteiger partial charge in [-0.1, -0.05) is 37.3 Å². The van der Waals surface area contributed by atoms with Gasteiger partial charge in [-0.05, 0) is 81.1 Å². The molecule has 3 N–H and O–H groups in total. The first-order valence-corrected chi connectivity index (χ1v) is 16.9. The predicted molar refractivity (Wildman–Crippen MR) is 190 cm³/mol. The van der Waals surface area contributed by atoms with Gasteiger partial charge in [0.25, 0.3) is 5.91 Å². The summed E-state index contributed by atoms with van der Waals surface area (Å²) in [5.41, 5.74) is 2.28. The van der Waals surface area contributed by atoms with Crippen LogP contribution >= 0.6 is 0 Å². The number of rotatable bonds is 9.